The molecule has 0 unspecified atom stereocenters. The molecule has 3 rings (SSSR count). The molecule has 3 N–H and O–H groups in total. The average Bonchev–Trinajstić information content (AvgIpc) is 2.87. The first-order valence-corrected chi connectivity index (χ1v) is 13.3. The Morgan fingerprint density at radius 2 is 1.84 bits per heavy atom. The second-order valence-corrected chi connectivity index (χ2v) is 10.3. The molecular weight excluding hydrogens is 462 g/mol. The number of rotatable bonds is 12. The van der Waals surface area contributed by atoms with Crippen LogP contribution in [0.1, 0.15) is 74.6 Å². The molecule has 0 radical (unpaired) electrons. The zero-order chi connectivity index (χ0) is 26.8. The lowest BCUT2D eigenvalue weighted by atomic mass is 9.96. The zero-order valence-corrected chi connectivity index (χ0v) is 22.7. The fraction of sp³-hybridized carbons (Fsp3) is 0.484. The molecule has 0 amide bonds. The van der Waals surface area contributed by atoms with Gasteiger partial charge in [-0.1, -0.05) is 50.5 Å². The molecule has 1 heterocycles. The van der Waals surface area contributed by atoms with Crippen LogP contribution in [-0.4, -0.2) is 47.9 Å². The van der Waals surface area contributed by atoms with Crippen molar-refractivity contribution >= 4 is 17.4 Å². The highest BCUT2D eigenvalue weighted by molar-refractivity contribution is 6.05. The number of anilines is 1. The van der Waals surface area contributed by atoms with Crippen LogP contribution in [0.2, 0.25) is 0 Å². The van der Waals surface area contributed by atoms with E-state index in [-0.39, 0.29) is 12.3 Å². The van der Waals surface area contributed by atoms with Crippen LogP contribution >= 0.6 is 0 Å². The van der Waals surface area contributed by atoms with Crippen LogP contribution in [0.25, 0.3) is 0 Å². The first-order chi connectivity index (χ1) is 17.8. The van der Waals surface area contributed by atoms with Crippen LogP contribution in [-0.2, 0) is 11.4 Å². The van der Waals surface area contributed by atoms with Crippen molar-refractivity contribution in [3.05, 3.63) is 58.7 Å². The van der Waals surface area contributed by atoms with Crippen molar-refractivity contribution in [2.45, 2.75) is 65.9 Å². The van der Waals surface area contributed by atoms with E-state index in [2.05, 4.69) is 55.0 Å². The maximum absolute atomic E-state index is 11.2. The van der Waals surface area contributed by atoms with Gasteiger partial charge in [0.1, 0.15) is 12.4 Å². The van der Waals surface area contributed by atoms with E-state index in [1.54, 1.807) is 6.92 Å². The van der Waals surface area contributed by atoms with Gasteiger partial charge in [-0.05, 0) is 74.5 Å². The molecule has 0 saturated carbocycles. The summed E-state index contributed by atoms with van der Waals surface area (Å²) in [5.74, 6) is 5.83. The van der Waals surface area contributed by atoms with Crippen LogP contribution in [0, 0.1) is 30.1 Å². The lowest BCUT2D eigenvalue weighted by molar-refractivity contribution is -0.137. The Kier molecular flexibility index (Phi) is 10.6. The van der Waals surface area contributed by atoms with Gasteiger partial charge in [0.2, 0.25) is 0 Å². The molecular formula is C31H41N3O3. The van der Waals surface area contributed by atoms with E-state index >= 15 is 0 Å². The van der Waals surface area contributed by atoms with Gasteiger partial charge in [0.05, 0.1) is 18.1 Å². The Morgan fingerprint density at radius 1 is 1.14 bits per heavy atom. The van der Waals surface area contributed by atoms with Crippen molar-refractivity contribution in [3.8, 4) is 17.6 Å². The third kappa shape index (κ3) is 8.36. The summed E-state index contributed by atoms with van der Waals surface area (Å²) in [5.41, 5.74) is 5.71. The van der Waals surface area contributed by atoms with Crippen LogP contribution in [0.15, 0.2) is 36.4 Å². The van der Waals surface area contributed by atoms with Crippen LogP contribution in [0.4, 0.5) is 5.69 Å². The summed E-state index contributed by atoms with van der Waals surface area (Å²) in [6.45, 7) is 12.3. The minimum atomic E-state index is -0.863. The number of nitrogens with zero attached hydrogens (tertiary/aromatic N) is 1. The topological polar surface area (TPSA) is 85.6 Å². The Hall–Kier alpha value is -3.30. The molecule has 1 aliphatic rings. The minimum absolute atomic E-state index is 0.0223. The van der Waals surface area contributed by atoms with Gasteiger partial charge < -0.3 is 20.6 Å². The standard InChI is InChI=1S/C31H41N3O3/c1-5-9-25(18-30(35)36)24-10-13-27(14-11-24)37-21-26-12-15-28(31(23(26)4)33-19-22(2)3)29(32)20-34-16-7-6-8-17-34/h10-15,22,25,32-33H,6-8,16-21H2,1-4H3,(H,35,36)/t25-/m0/s1. The van der Waals surface area contributed by atoms with Crippen molar-refractivity contribution in [1.29, 1.82) is 5.41 Å². The van der Waals surface area contributed by atoms with Crippen molar-refractivity contribution in [2.75, 3.05) is 31.5 Å². The number of benzene rings is 2. The van der Waals surface area contributed by atoms with E-state index in [1.807, 2.05) is 24.3 Å². The van der Waals surface area contributed by atoms with Crippen LogP contribution < -0.4 is 10.1 Å². The number of carboxylic acid groups (broad SMARTS) is 1. The highest BCUT2D eigenvalue weighted by Gasteiger charge is 2.18. The van der Waals surface area contributed by atoms with Crippen molar-refractivity contribution < 1.29 is 14.6 Å². The molecule has 0 spiro atoms. The molecule has 1 aliphatic heterocycles. The maximum Gasteiger partial charge on any atom is 0.304 e. The molecule has 6 heteroatoms. The Bertz CT molecular complexity index is 1120. The van der Waals surface area contributed by atoms with E-state index in [0.29, 0.717) is 24.8 Å². The molecule has 37 heavy (non-hydrogen) atoms. The molecule has 0 aromatic heterocycles. The molecule has 198 valence electrons. The largest absolute Gasteiger partial charge is 0.489 e. The summed E-state index contributed by atoms with van der Waals surface area (Å²) in [7, 11) is 0. The van der Waals surface area contributed by atoms with Gasteiger partial charge in [0, 0.05) is 24.3 Å². The highest BCUT2D eigenvalue weighted by atomic mass is 16.5. The van der Waals surface area contributed by atoms with Gasteiger partial charge in [0.25, 0.3) is 0 Å². The van der Waals surface area contributed by atoms with E-state index < -0.39 is 5.97 Å². The summed E-state index contributed by atoms with van der Waals surface area (Å²) < 4.78 is 6.11. The zero-order valence-electron chi connectivity index (χ0n) is 22.7. The molecule has 2 aromatic carbocycles. The van der Waals surface area contributed by atoms with E-state index in [1.165, 1.54) is 19.3 Å². The minimum Gasteiger partial charge on any atom is -0.489 e. The summed E-state index contributed by atoms with van der Waals surface area (Å²) >= 11 is 0. The SMILES string of the molecule is CC#C[C@@H](CC(=O)O)c1ccc(OCc2ccc(C(=N)CN3CCCCC3)c(NCC(C)C)c2C)cc1. The summed E-state index contributed by atoms with van der Waals surface area (Å²) in [6.07, 6.45) is 3.70. The number of carboxylic acids is 1. The van der Waals surface area contributed by atoms with Gasteiger partial charge in [-0.2, -0.15) is 0 Å². The van der Waals surface area contributed by atoms with Crippen molar-refractivity contribution in [3.63, 3.8) is 0 Å². The number of carbonyl (C=O) groups is 1. The normalized spacial score (nSPS) is 14.5. The molecule has 0 aliphatic carbocycles. The third-order valence-electron chi connectivity index (χ3n) is 6.79. The van der Waals surface area contributed by atoms with Crippen molar-refractivity contribution in [2.24, 2.45) is 5.92 Å². The number of piperidine rings is 1. The number of hydrogen-bond acceptors (Lipinski definition) is 5. The predicted molar refractivity (Wildman–Crippen MR) is 151 cm³/mol. The molecule has 2 aromatic rings. The molecule has 1 atom stereocenters. The van der Waals surface area contributed by atoms with Gasteiger partial charge in [-0.3, -0.25) is 9.69 Å². The molecule has 1 saturated heterocycles. The van der Waals surface area contributed by atoms with Crippen molar-refractivity contribution in [1.82, 2.24) is 4.90 Å². The smallest absolute Gasteiger partial charge is 0.304 e. The van der Waals surface area contributed by atoms with E-state index in [0.717, 1.165) is 53.3 Å². The summed E-state index contributed by atoms with van der Waals surface area (Å²) in [4.78, 5) is 13.6. The number of likely N-dealkylation sites (tertiary alicyclic amines) is 1. The fourth-order valence-electron chi connectivity index (χ4n) is 4.68. The number of aliphatic carboxylic acids is 1. The van der Waals surface area contributed by atoms with E-state index in [4.69, 9.17) is 10.1 Å². The Balaban J connectivity index is 1.74. The lowest BCUT2D eigenvalue weighted by Gasteiger charge is -2.27. The Morgan fingerprint density at radius 3 is 2.46 bits per heavy atom. The van der Waals surface area contributed by atoms with Gasteiger partial charge in [-0.25, -0.2) is 0 Å². The van der Waals surface area contributed by atoms with Gasteiger partial charge in [-0.15, -0.1) is 5.92 Å². The number of hydrogen-bond donors (Lipinski definition) is 3. The quantitative estimate of drug-likeness (QED) is 0.242. The summed E-state index contributed by atoms with van der Waals surface area (Å²) in [6, 6.07) is 11.7. The second kappa shape index (κ2) is 13.9. The molecule has 0 bridgehead atoms. The monoisotopic (exact) mass is 503 g/mol. The first kappa shape index (κ1) is 28.3. The maximum atomic E-state index is 11.2. The first-order valence-electron chi connectivity index (χ1n) is 13.3. The molecule has 1 fully saturated rings. The number of ether oxygens (including phenoxy) is 1. The van der Waals surface area contributed by atoms with Crippen LogP contribution in [0.3, 0.4) is 0 Å². The molecule has 6 nitrogen and oxygen atoms in total. The Labute approximate surface area is 221 Å². The predicted octanol–water partition coefficient (Wildman–Crippen LogP) is 6.08. The summed E-state index contributed by atoms with van der Waals surface area (Å²) in [5, 5.41) is 21.6. The fourth-order valence-corrected chi connectivity index (χ4v) is 4.68. The van der Waals surface area contributed by atoms with Gasteiger partial charge in [0.15, 0.2) is 0 Å². The van der Waals surface area contributed by atoms with E-state index in [9.17, 15) is 9.90 Å². The lowest BCUT2D eigenvalue weighted by Crippen LogP contribution is -2.34. The number of nitrogens with one attached hydrogen (secondary N) is 2. The second-order valence-electron chi connectivity index (χ2n) is 10.3. The van der Waals surface area contributed by atoms with Gasteiger partial charge >= 0.3 is 5.97 Å². The third-order valence-corrected chi connectivity index (χ3v) is 6.79. The highest BCUT2D eigenvalue weighted by Crippen LogP contribution is 2.28. The average molecular weight is 504 g/mol. The van der Waals surface area contributed by atoms with Crippen LogP contribution in [0.5, 0.6) is 5.75 Å².